The van der Waals surface area contributed by atoms with Crippen LogP contribution in [-0.2, 0) is 14.3 Å². The largest absolute Gasteiger partial charge is 0.487 e. The summed E-state index contributed by atoms with van der Waals surface area (Å²) in [5, 5.41) is 0. The molecule has 1 aliphatic heterocycles. The number of amides is 1. The smallest absolute Gasteiger partial charge is 0.332 e. The van der Waals surface area contributed by atoms with Gasteiger partial charge in [0, 0.05) is 13.1 Å². The lowest BCUT2D eigenvalue weighted by Crippen LogP contribution is -2.51. The van der Waals surface area contributed by atoms with E-state index in [0.717, 1.165) is 0 Å². The number of nitrogens with zero attached hydrogens (tertiary/aromatic N) is 2. The molecule has 1 unspecified atom stereocenters. The molecule has 0 fully saturated rings. The summed E-state index contributed by atoms with van der Waals surface area (Å²) in [5.74, 6) is 0.0999. The fourth-order valence-corrected chi connectivity index (χ4v) is 1.85. The van der Waals surface area contributed by atoms with Gasteiger partial charge < -0.3 is 9.47 Å². The first-order valence-corrected chi connectivity index (χ1v) is 5.69. The van der Waals surface area contributed by atoms with Crippen LogP contribution in [0.4, 0.5) is 5.82 Å². The molecule has 1 aromatic rings. The van der Waals surface area contributed by atoms with Gasteiger partial charge in [-0.3, -0.25) is 9.69 Å². The number of pyridine rings is 1. The molecule has 1 aromatic heterocycles. The molecule has 0 aliphatic carbocycles. The monoisotopic (exact) mass is 250 g/mol. The fraction of sp³-hybridized carbons (Fsp3) is 0.417. The number of carbonyl (C=O) groups excluding carboxylic acids is 2. The number of esters is 1. The lowest BCUT2D eigenvalue weighted by Gasteiger charge is -2.33. The van der Waals surface area contributed by atoms with E-state index < -0.39 is 12.0 Å². The summed E-state index contributed by atoms with van der Waals surface area (Å²) >= 11 is 0. The van der Waals surface area contributed by atoms with Gasteiger partial charge in [0.05, 0.1) is 6.61 Å². The lowest BCUT2D eigenvalue weighted by atomic mass is 10.2. The van der Waals surface area contributed by atoms with Crippen LogP contribution in [0.1, 0.15) is 13.8 Å². The highest BCUT2D eigenvalue weighted by atomic mass is 16.5. The normalized spacial score (nSPS) is 17.7. The Labute approximate surface area is 105 Å². The molecular formula is C12H14N2O4. The van der Waals surface area contributed by atoms with Gasteiger partial charge in [0.25, 0.3) is 0 Å². The Morgan fingerprint density at radius 2 is 2.39 bits per heavy atom. The van der Waals surface area contributed by atoms with E-state index in [1.807, 2.05) is 0 Å². The molecule has 1 amide bonds. The molecule has 2 heterocycles. The Morgan fingerprint density at radius 1 is 1.61 bits per heavy atom. The van der Waals surface area contributed by atoms with Crippen molar-refractivity contribution in [3.8, 4) is 5.75 Å². The SMILES string of the molecule is CCOC(=O)C1COc2cccnc2N1C(C)=O. The second kappa shape index (κ2) is 5.03. The van der Waals surface area contributed by atoms with Gasteiger partial charge in [-0.05, 0) is 19.1 Å². The Bertz CT molecular complexity index is 475. The number of carbonyl (C=O) groups is 2. The van der Waals surface area contributed by atoms with Crippen LogP contribution in [0.25, 0.3) is 0 Å². The Kier molecular flexibility index (Phi) is 3.45. The van der Waals surface area contributed by atoms with E-state index in [1.165, 1.54) is 11.8 Å². The van der Waals surface area contributed by atoms with Crippen LogP contribution >= 0.6 is 0 Å². The minimum Gasteiger partial charge on any atom is -0.487 e. The molecule has 6 heteroatoms. The highest BCUT2D eigenvalue weighted by Crippen LogP contribution is 2.31. The van der Waals surface area contributed by atoms with Crippen molar-refractivity contribution in [3.05, 3.63) is 18.3 Å². The number of ether oxygens (including phenoxy) is 2. The fourth-order valence-electron chi connectivity index (χ4n) is 1.85. The third kappa shape index (κ3) is 2.13. The summed E-state index contributed by atoms with van der Waals surface area (Å²) in [6, 6.07) is 2.64. The van der Waals surface area contributed by atoms with Crippen LogP contribution in [0.3, 0.4) is 0 Å². The van der Waals surface area contributed by atoms with Crippen LogP contribution in [0.5, 0.6) is 5.75 Å². The predicted molar refractivity (Wildman–Crippen MR) is 63.3 cm³/mol. The van der Waals surface area contributed by atoms with Crippen LogP contribution in [0.2, 0.25) is 0 Å². The number of rotatable bonds is 2. The van der Waals surface area contributed by atoms with Crippen molar-refractivity contribution in [1.82, 2.24) is 4.98 Å². The molecule has 96 valence electrons. The zero-order chi connectivity index (χ0) is 13.1. The summed E-state index contributed by atoms with van der Waals surface area (Å²) in [5.41, 5.74) is 0. The first kappa shape index (κ1) is 12.3. The van der Waals surface area contributed by atoms with E-state index in [9.17, 15) is 9.59 Å². The second-order valence-corrected chi connectivity index (χ2v) is 3.79. The third-order valence-electron chi connectivity index (χ3n) is 2.59. The maximum Gasteiger partial charge on any atom is 0.332 e. The third-order valence-corrected chi connectivity index (χ3v) is 2.59. The van der Waals surface area contributed by atoms with Crippen molar-refractivity contribution in [1.29, 1.82) is 0 Å². The molecule has 0 saturated heterocycles. The molecule has 0 aromatic carbocycles. The van der Waals surface area contributed by atoms with Crippen molar-refractivity contribution in [3.63, 3.8) is 0 Å². The van der Waals surface area contributed by atoms with E-state index >= 15 is 0 Å². The van der Waals surface area contributed by atoms with Crippen molar-refractivity contribution < 1.29 is 19.1 Å². The molecule has 1 aliphatic rings. The van der Waals surface area contributed by atoms with Gasteiger partial charge in [-0.1, -0.05) is 0 Å². The Morgan fingerprint density at radius 3 is 3.06 bits per heavy atom. The summed E-state index contributed by atoms with van der Waals surface area (Å²) < 4.78 is 10.4. The van der Waals surface area contributed by atoms with Gasteiger partial charge in [-0.25, -0.2) is 9.78 Å². The lowest BCUT2D eigenvalue weighted by molar-refractivity contribution is -0.147. The molecule has 18 heavy (non-hydrogen) atoms. The molecule has 0 spiro atoms. The van der Waals surface area contributed by atoms with Gasteiger partial charge >= 0.3 is 5.97 Å². The molecule has 0 N–H and O–H groups in total. The van der Waals surface area contributed by atoms with Crippen molar-refractivity contribution >= 4 is 17.7 Å². The van der Waals surface area contributed by atoms with E-state index in [-0.39, 0.29) is 19.1 Å². The van der Waals surface area contributed by atoms with Crippen LogP contribution < -0.4 is 9.64 Å². The molecule has 6 nitrogen and oxygen atoms in total. The molecular weight excluding hydrogens is 236 g/mol. The van der Waals surface area contributed by atoms with Gasteiger partial charge in [0.1, 0.15) is 6.61 Å². The average Bonchev–Trinajstić information content (AvgIpc) is 2.37. The number of fused-ring (bicyclic) bond motifs is 1. The highest BCUT2D eigenvalue weighted by Gasteiger charge is 2.37. The van der Waals surface area contributed by atoms with Crippen LogP contribution in [0.15, 0.2) is 18.3 Å². The van der Waals surface area contributed by atoms with E-state index in [4.69, 9.17) is 9.47 Å². The number of hydrogen-bond acceptors (Lipinski definition) is 5. The van der Waals surface area contributed by atoms with Gasteiger partial charge in [0.2, 0.25) is 5.91 Å². The molecule has 0 radical (unpaired) electrons. The van der Waals surface area contributed by atoms with Crippen molar-refractivity contribution in [2.75, 3.05) is 18.1 Å². The summed E-state index contributed by atoms with van der Waals surface area (Å²) in [6.45, 7) is 3.44. The predicted octanol–water partition coefficient (Wildman–Crippen LogP) is 0.759. The molecule has 1 atom stereocenters. The van der Waals surface area contributed by atoms with E-state index in [1.54, 1.807) is 25.3 Å². The van der Waals surface area contributed by atoms with Gasteiger partial charge in [-0.15, -0.1) is 0 Å². The number of anilines is 1. The van der Waals surface area contributed by atoms with Gasteiger partial charge in [-0.2, -0.15) is 0 Å². The molecule has 2 rings (SSSR count). The molecule has 0 bridgehead atoms. The summed E-state index contributed by atoms with van der Waals surface area (Å²) in [6.07, 6.45) is 1.55. The molecule has 0 saturated carbocycles. The van der Waals surface area contributed by atoms with Gasteiger partial charge in [0.15, 0.2) is 17.6 Å². The Balaban J connectivity index is 2.35. The Hall–Kier alpha value is -2.11. The minimum atomic E-state index is -0.773. The zero-order valence-corrected chi connectivity index (χ0v) is 10.3. The summed E-state index contributed by atoms with van der Waals surface area (Å²) in [4.78, 5) is 28.9. The van der Waals surface area contributed by atoms with E-state index in [2.05, 4.69) is 4.98 Å². The maximum atomic E-state index is 11.8. The van der Waals surface area contributed by atoms with E-state index in [0.29, 0.717) is 11.6 Å². The van der Waals surface area contributed by atoms with Crippen molar-refractivity contribution in [2.45, 2.75) is 19.9 Å². The number of aromatic nitrogens is 1. The average molecular weight is 250 g/mol. The van der Waals surface area contributed by atoms with Crippen molar-refractivity contribution in [2.24, 2.45) is 0 Å². The number of hydrogen-bond donors (Lipinski definition) is 0. The quantitative estimate of drug-likeness (QED) is 0.725. The summed E-state index contributed by atoms with van der Waals surface area (Å²) in [7, 11) is 0. The topological polar surface area (TPSA) is 68.7 Å². The zero-order valence-electron chi connectivity index (χ0n) is 10.3. The standard InChI is InChI=1S/C12H14N2O4/c1-3-17-12(16)9-7-18-10-5-4-6-13-11(10)14(9)8(2)15/h4-6,9H,3,7H2,1-2H3. The second-order valence-electron chi connectivity index (χ2n) is 3.79. The first-order valence-electron chi connectivity index (χ1n) is 5.69. The van der Waals surface area contributed by atoms with Crippen LogP contribution in [0, 0.1) is 0 Å². The maximum absolute atomic E-state index is 11.8. The minimum absolute atomic E-state index is 0.0805. The van der Waals surface area contributed by atoms with Crippen LogP contribution in [-0.4, -0.2) is 36.1 Å². The highest BCUT2D eigenvalue weighted by molar-refractivity contribution is 5.99. The first-order chi connectivity index (χ1) is 8.65.